The van der Waals surface area contributed by atoms with E-state index in [1.54, 1.807) is 18.2 Å². The molecule has 0 spiro atoms. The molecular weight excluding hydrogens is 268 g/mol. The van der Waals surface area contributed by atoms with Gasteiger partial charge < -0.3 is 15.2 Å². The lowest BCUT2D eigenvalue weighted by Gasteiger charge is -2.16. The number of benzene rings is 1. The van der Waals surface area contributed by atoms with Gasteiger partial charge in [0.05, 0.1) is 17.9 Å². The molecule has 21 heavy (non-hydrogen) atoms. The van der Waals surface area contributed by atoms with Gasteiger partial charge in [0.15, 0.2) is 0 Å². The smallest absolute Gasteiger partial charge is 0.338 e. The van der Waals surface area contributed by atoms with Crippen molar-refractivity contribution in [1.82, 2.24) is 4.90 Å². The van der Waals surface area contributed by atoms with Crippen LogP contribution in [0.2, 0.25) is 0 Å². The van der Waals surface area contributed by atoms with E-state index in [0.717, 1.165) is 26.1 Å². The molecule has 0 amide bonds. The molecule has 1 aromatic carbocycles. The number of nitrogens with two attached hydrogens (primary N) is 1. The molecule has 0 bridgehead atoms. The van der Waals surface area contributed by atoms with Gasteiger partial charge in [-0.05, 0) is 50.6 Å². The summed E-state index contributed by atoms with van der Waals surface area (Å²) in [7, 11) is 0. The Labute approximate surface area is 126 Å². The van der Waals surface area contributed by atoms with Gasteiger partial charge in [-0.1, -0.05) is 6.92 Å². The van der Waals surface area contributed by atoms with Gasteiger partial charge in [0.1, 0.15) is 12.4 Å². The molecule has 0 atom stereocenters. The first-order valence-corrected chi connectivity index (χ1v) is 7.62. The molecule has 2 rings (SSSR count). The zero-order valence-electron chi connectivity index (χ0n) is 12.6. The van der Waals surface area contributed by atoms with Crippen molar-refractivity contribution in [3.8, 4) is 5.75 Å². The maximum Gasteiger partial charge on any atom is 0.338 e. The largest absolute Gasteiger partial charge is 0.490 e. The van der Waals surface area contributed by atoms with Crippen molar-refractivity contribution in [3.05, 3.63) is 23.8 Å². The van der Waals surface area contributed by atoms with E-state index in [9.17, 15) is 4.79 Å². The van der Waals surface area contributed by atoms with E-state index in [4.69, 9.17) is 15.2 Å². The standard InChI is InChI=1S/C16H24N2O3/c1-2-10-21-16(19)13-5-6-15(14(17)12-13)20-11-9-18-7-3-4-8-18/h5-6,12H,2-4,7-11,17H2,1H3. The van der Waals surface area contributed by atoms with Gasteiger partial charge in [-0.25, -0.2) is 4.79 Å². The Balaban J connectivity index is 1.84. The minimum absolute atomic E-state index is 0.341. The molecule has 5 nitrogen and oxygen atoms in total. The minimum Gasteiger partial charge on any atom is -0.490 e. The van der Waals surface area contributed by atoms with Crippen molar-refractivity contribution in [1.29, 1.82) is 0 Å². The number of rotatable bonds is 7. The van der Waals surface area contributed by atoms with Crippen LogP contribution in [0.5, 0.6) is 5.75 Å². The van der Waals surface area contributed by atoms with Crippen molar-refractivity contribution in [2.45, 2.75) is 26.2 Å². The Morgan fingerprint density at radius 3 is 2.71 bits per heavy atom. The predicted molar refractivity (Wildman–Crippen MR) is 82.6 cm³/mol. The zero-order valence-corrected chi connectivity index (χ0v) is 12.6. The highest BCUT2D eigenvalue weighted by Crippen LogP contribution is 2.23. The molecule has 1 aliphatic heterocycles. The van der Waals surface area contributed by atoms with Crippen LogP contribution >= 0.6 is 0 Å². The molecular formula is C16H24N2O3. The number of esters is 1. The molecule has 0 saturated carbocycles. The topological polar surface area (TPSA) is 64.8 Å². The number of ether oxygens (including phenoxy) is 2. The highest BCUT2D eigenvalue weighted by atomic mass is 16.5. The Hall–Kier alpha value is -1.75. The Morgan fingerprint density at radius 2 is 2.05 bits per heavy atom. The van der Waals surface area contributed by atoms with E-state index in [1.807, 2.05) is 6.92 Å². The molecule has 1 fully saturated rings. The van der Waals surface area contributed by atoms with Crippen LogP contribution in [0.1, 0.15) is 36.5 Å². The Kier molecular flexibility index (Phi) is 5.87. The molecule has 0 aliphatic carbocycles. The molecule has 2 N–H and O–H groups in total. The van der Waals surface area contributed by atoms with Crippen LogP contribution in [0.4, 0.5) is 5.69 Å². The maximum absolute atomic E-state index is 11.7. The first-order chi connectivity index (χ1) is 10.2. The van der Waals surface area contributed by atoms with E-state index in [2.05, 4.69) is 4.90 Å². The summed E-state index contributed by atoms with van der Waals surface area (Å²) < 4.78 is 10.8. The third-order valence-electron chi connectivity index (χ3n) is 3.55. The van der Waals surface area contributed by atoms with E-state index in [-0.39, 0.29) is 5.97 Å². The average Bonchev–Trinajstić information content (AvgIpc) is 2.99. The van der Waals surface area contributed by atoms with Crippen LogP contribution in [0.3, 0.4) is 0 Å². The number of anilines is 1. The second-order valence-electron chi connectivity index (χ2n) is 5.29. The van der Waals surface area contributed by atoms with Crippen molar-refractivity contribution in [2.75, 3.05) is 38.6 Å². The monoisotopic (exact) mass is 292 g/mol. The van der Waals surface area contributed by atoms with Crippen molar-refractivity contribution >= 4 is 11.7 Å². The minimum atomic E-state index is -0.341. The Morgan fingerprint density at radius 1 is 1.29 bits per heavy atom. The fourth-order valence-corrected chi connectivity index (χ4v) is 2.38. The zero-order chi connectivity index (χ0) is 15.1. The van der Waals surface area contributed by atoms with Crippen molar-refractivity contribution < 1.29 is 14.3 Å². The normalized spacial score (nSPS) is 15.1. The average molecular weight is 292 g/mol. The summed E-state index contributed by atoms with van der Waals surface area (Å²) in [6.45, 7) is 6.22. The number of hydrogen-bond acceptors (Lipinski definition) is 5. The fraction of sp³-hybridized carbons (Fsp3) is 0.562. The number of hydrogen-bond donors (Lipinski definition) is 1. The summed E-state index contributed by atoms with van der Waals surface area (Å²) in [5, 5.41) is 0. The molecule has 0 radical (unpaired) electrons. The third-order valence-corrected chi connectivity index (χ3v) is 3.55. The summed E-state index contributed by atoms with van der Waals surface area (Å²) in [5.41, 5.74) is 6.88. The molecule has 1 aromatic rings. The molecule has 1 saturated heterocycles. The number of nitrogens with zero attached hydrogens (tertiary/aromatic N) is 1. The van der Waals surface area contributed by atoms with Gasteiger partial charge in [0, 0.05) is 6.54 Å². The van der Waals surface area contributed by atoms with Gasteiger partial charge in [-0.2, -0.15) is 0 Å². The number of carbonyl (C=O) groups excluding carboxylic acids is 1. The summed E-state index contributed by atoms with van der Waals surface area (Å²) in [6.07, 6.45) is 3.35. The molecule has 0 unspecified atom stereocenters. The molecule has 0 aromatic heterocycles. The van der Waals surface area contributed by atoms with E-state index >= 15 is 0 Å². The van der Waals surface area contributed by atoms with Crippen molar-refractivity contribution in [3.63, 3.8) is 0 Å². The molecule has 1 aliphatic rings. The molecule has 116 valence electrons. The number of carbonyl (C=O) groups is 1. The Bertz CT molecular complexity index is 471. The van der Waals surface area contributed by atoms with E-state index in [1.165, 1.54) is 12.8 Å². The lowest BCUT2D eigenvalue weighted by atomic mass is 10.2. The summed E-state index contributed by atoms with van der Waals surface area (Å²) in [6, 6.07) is 5.05. The van der Waals surface area contributed by atoms with E-state index in [0.29, 0.717) is 30.2 Å². The second kappa shape index (κ2) is 7.88. The summed E-state index contributed by atoms with van der Waals surface area (Å²) in [4.78, 5) is 14.1. The quantitative estimate of drug-likeness (QED) is 0.617. The van der Waals surface area contributed by atoms with E-state index < -0.39 is 0 Å². The van der Waals surface area contributed by atoms with Gasteiger partial charge in [0.25, 0.3) is 0 Å². The lowest BCUT2D eigenvalue weighted by molar-refractivity contribution is 0.0505. The highest BCUT2D eigenvalue weighted by molar-refractivity contribution is 5.91. The van der Waals surface area contributed by atoms with Crippen LogP contribution in [0.25, 0.3) is 0 Å². The lowest BCUT2D eigenvalue weighted by Crippen LogP contribution is -2.25. The third kappa shape index (κ3) is 4.63. The SMILES string of the molecule is CCCOC(=O)c1ccc(OCCN2CCCC2)c(N)c1. The van der Waals surface area contributed by atoms with Crippen LogP contribution in [0.15, 0.2) is 18.2 Å². The van der Waals surface area contributed by atoms with Gasteiger partial charge in [-0.15, -0.1) is 0 Å². The first-order valence-electron chi connectivity index (χ1n) is 7.62. The van der Waals surface area contributed by atoms with Crippen LogP contribution in [-0.2, 0) is 4.74 Å². The second-order valence-corrected chi connectivity index (χ2v) is 5.29. The van der Waals surface area contributed by atoms with Gasteiger partial charge in [-0.3, -0.25) is 4.90 Å². The highest BCUT2D eigenvalue weighted by Gasteiger charge is 2.12. The summed E-state index contributed by atoms with van der Waals surface area (Å²) >= 11 is 0. The van der Waals surface area contributed by atoms with Gasteiger partial charge in [0.2, 0.25) is 0 Å². The van der Waals surface area contributed by atoms with Gasteiger partial charge >= 0.3 is 5.97 Å². The first kappa shape index (κ1) is 15.6. The number of nitrogen functional groups attached to an aromatic ring is 1. The fourth-order valence-electron chi connectivity index (χ4n) is 2.38. The summed E-state index contributed by atoms with van der Waals surface area (Å²) in [5.74, 6) is 0.286. The van der Waals surface area contributed by atoms with Crippen LogP contribution in [-0.4, -0.2) is 43.7 Å². The van der Waals surface area contributed by atoms with Crippen molar-refractivity contribution in [2.24, 2.45) is 0 Å². The predicted octanol–water partition coefficient (Wildman–Crippen LogP) is 2.31. The number of likely N-dealkylation sites (tertiary alicyclic amines) is 1. The van der Waals surface area contributed by atoms with Crippen LogP contribution in [0, 0.1) is 0 Å². The van der Waals surface area contributed by atoms with Crippen LogP contribution < -0.4 is 10.5 Å². The maximum atomic E-state index is 11.7. The molecule has 1 heterocycles. The molecule has 5 heteroatoms.